The summed E-state index contributed by atoms with van der Waals surface area (Å²) >= 11 is 11.7. The van der Waals surface area contributed by atoms with Gasteiger partial charge in [-0.05, 0) is 74.3 Å². The zero-order chi connectivity index (χ0) is 20.8. The molecule has 2 N–H and O–H groups in total. The van der Waals surface area contributed by atoms with Crippen molar-refractivity contribution in [2.24, 2.45) is 0 Å². The van der Waals surface area contributed by atoms with Crippen LogP contribution in [0.25, 0.3) is 0 Å². The molecule has 1 fully saturated rings. The Bertz CT molecular complexity index is 867. The molecule has 154 valence electrons. The van der Waals surface area contributed by atoms with Crippen LogP contribution >= 0.6 is 23.8 Å². The van der Waals surface area contributed by atoms with Crippen molar-refractivity contribution in [2.45, 2.75) is 32.2 Å². The number of nitrogens with one attached hydrogen (secondary N) is 2. The summed E-state index contributed by atoms with van der Waals surface area (Å²) in [5.74, 6) is -0.425. The van der Waals surface area contributed by atoms with Crippen LogP contribution in [0.15, 0.2) is 42.5 Å². The van der Waals surface area contributed by atoms with Crippen LogP contribution in [-0.4, -0.2) is 31.3 Å². The maximum absolute atomic E-state index is 11.7. The van der Waals surface area contributed by atoms with Crippen LogP contribution in [0.4, 0.5) is 11.4 Å². The van der Waals surface area contributed by atoms with Gasteiger partial charge in [-0.2, -0.15) is 0 Å². The first-order valence-corrected chi connectivity index (χ1v) is 10.6. The van der Waals surface area contributed by atoms with E-state index in [4.69, 9.17) is 28.6 Å². The van der Waals surface area contributed by atoms with Crippen molar-refractivity contribution in [2.75, 3.05) is 30.4 Å². The van der Waals surface area contributed by atoms with E-state index in [1.165, 1.54) is 32.1 Å². The molecular weight excluding hydrogens is 406 g/mol. The molecule has 2 aromatic rings. The third-order valence-electron chi connectivity index (χ3n) is 5.10. The fourth-order valence-electron chi connectivity index (χ4n) is 3.43. The number of anilines is 2. The Hall–Kier alpha value is -2.31. The van der Waals surface area contributed by atoms with Crippen molar-refractivity contribution in [3.05, 3.63) is 58.6 Å². The van der Waals surface area contributed by atoms with E-state index in [2.05, 4.69) is 46.7 Å². The summed E-state index contributed by atoms with van der Waals surface area (Å²) in [4.78, 5) is 14.2. The average Bonchev–Trinajstić information content (AvgIpc) is 2.75. The van der Waals surface area contributed by atoms with Gasteiger partial charge in [-0.15, -0.1) is 0 Å². The van der Waals surface area contributed by atoms with Gasteiger partial charge in [0.1, 0.15) is 0 Å². The van der Waals surface area contributed by atoms with Gasteiger partial charge in [-0.1, -0.05) is 23.7 Å². The number of hydrogen-bond donors (Lipinski definition) is 2. The van der Waals surface area contributed by atoms with Crippen LogP contribution in [0.1, 0.15) is 48.1 Å². The third-order valence-corrected chi connectivity index (χ3v) is 5.65. The summed E-state index contributed by atoms with van der Waals surface area (Å²) in [6.45, 7) is 4.31. The standard InChI is InChI=1S/C22H26ClN3O2S/c1-15(16-6-9-18(10-7-16)26-12-4-3-5-13-26)24-22(29)25-20-14-17(21(27)28-2)8-11-19(20)23/h6-11,14-15H,3-5,12-13H2,1-2H3,(H2,24,25,29)/t15-/m0/s1. The predicted molar refractivity (Wildman–Crippen MR) is 123 cm³/mol. The minimum absolute atomic E-state index is 0.0213. The zero-order valence-electron chi connectivity index (χ0n) is 16.7. The van der Waals surface area contributed by atoms with Crippen LogP contribution in [0, 0.1) is 0 Å². The van der Waals surface area contributed by atoms with E-state index >= 15 is 0 Å². The van der Waals surface area contributed by atoms with Gasteiger partial charge in [0.25, 0.3) is 0 Å². The van der Waals surface area contributed by atoms with E-state index < -0.39 is 5.97 Å². The number of carbonyl (C=O) groups is 1. The van der Waals surface area contributed by atoms with Crippen LogP contribution in [0.5, 0.6) is 0 Å². The quantitative estimate of drug-likeness (QED) is 0.503. The number of halogens is 1. The van der Waals surface area contributed by atoms with Crippen molar-refractivity contribution < 1.29 is 9.53 Å². The molecule has 7 heteroatoms. The summed E-state index contributed by atoms with van der Waals surface area (Å²) in [7, 11) is 1.34. The summed E-state index contributed by atoms with van der Waals surface area (Å²) in [5, 5.41) is 7.24. The number of methoxy groups -OCH3 is 1. The molecule has 2 aromatic carbocycles. The van der Waals surface area contributed by atoms with E-state index in [0.29, 0.717) is 21.4 Å². The number of benzene rings is 2. The van der Waals surface area contributed by atoms with E-state index in [0.717, 1.165) is 18.7 Å². The molecule has 3 rings (SSSR count). The molecule has 0 radical (unpaired) electrons. The van der Waals surface area contributed by atoms with Gasteiger partial charge >= 0.3 is 5.97 Å². The van der Waals surface area contributed by atoms with Gasteiger partial charge in [-0.3, -0.25) is 0 Å². The largest absolute Gasteiger partial charge is 0.465 e. The fraction of sp³-hybridized carbons (Fsp3) is 0.364. The highest BCUT2D eigenvalue weighted by Crippen LogP contribution is 2.25. The number of esters is 1. The molecule has 0 aromatic heterocycles. The lowest BCUT2D eigenvalue weighted by molar-refractivity contribution is 0.0601. The van der Waals surface area contributed by atoms with E-state index in [1.54, 1.807) is 18.2 Å². The lowest BCUT2D eigenvalue weighted by Crippen LogP contribution is -2.31. The van der Waals surface area contributed by atoms with Crippen LogP contribution in [-0.2, 0) is 4.74 Å². The number of ether oxygens (including phenoxy) is 1. The lowest BCUT2D eigenvalue weighted by atomic mass is 10.1. The van der Waals surface area contributed by atoms with Gasteiger partial charge in [0, 0.05) is 18.8 Å². The molecule has 1 saturated heterocycles. The minimum Gasteiger partial charge on any atom is -0.465 e. The molecule has 1 aliphatic heterocycles. The highest BCUT2D eigenvalue weighted by atomic mass is 35.5. The summed E-state index contributed by atoms with van der Waals surface area (Å²) in [5.41, 5.74) is 3.38. The van der Waals surface area contributed by atoms with E-state index in [1.807, 2.05) is 0 Å². The Morgan fingerprint density at radius 1 is 1.14 bits per heavy atom. The molecule has 0 spiro atoms. The second-order valence-corrected chi connectivity index (χ2v) is 7.96. The minimum atomic E-state index is -0.425. The van der Waals surface area contributed by atoms with Crippen LogP contribution < -0.4 is 15.5 Å². The number of thiocarbonyl (C=S) groups is 1. The van der Waals surface area contributed by atoms with Gasteiger partial charge in [0.05, 0.1) is 29.4 Å². The number of rotatable bonds is 5. The van der Waals surface area contributed by atoms with Crippen molar-refractivity contribution in [1.29, 1.82) is 0 Å². The number of nitrogens with zero attached hydrogens (tertiary/aromatic N) is 1. The molecule has 1 atom stereocenters. The first kappa shape index (κ1) is 21.4. The molecule has 0 saturated carbocycles. The third kappa shape index (κ3) is 5.61. The van der Waals surface area contributed by atoms with E-state index in [9.17, 15) is 4.79 Å². The van der Waals surface area contributed by atoms with E-state index in [-0.39, 0.29) is 6.04 Å². The first-order chi connectivity index (χ1) is 14.0. The van der Waals surface area contributed by atoms with Crippen LogP contribution in [0.2, 0.25) is 5.02 Å². The average molecular weight is 432 g/mol. The molecule has 0 amide bonds. The smallest absolute Gasteiger partial charge is 0.337 e. The second-order valence-electron chi connectivity index (χ2n) is 7.15. The molecule has 29 heavy (non-hydrogen) atoms. The summed E-state index contributed by atoms with van der Waals surface area (Å²) in [6, 6.07) is 13.5. The molecule has 0 bridgehead atoms. The van der Waals surface area contributed by atoms with Gasteiger partial charge in [0.15, 0.2) is 5.11 Å². The Morgan fingerprint density at radius 3 is 2.48 bits per heavy atom. The van der Waals surface area contributed by atoms with Crippen molar-refractivity contribution in [3.8, 4) is 0 Å². The number of piperidine rings is 1. The topological polar surface area (TPSA) is 53.6 Å². The van der Waals surface area contributed by atoms with Crippen molar-refractivity contribution >= 4 is 46.3 Å². The molecule has 0 aliphatic carbocycles. The Kier molecular flexibility index (Phi) is 7.34. The van der Waals surface area contributed by atoms with Crippen molar-refractivity contribution in [3.63, 3.8) is 0 Å². The summed E-state index contributed by atoms with van der Waals surface area (Å²) in [6.07, 6.45) is 3.85. The van der Waals surface area contributed by atoms with Gasteiger partial charge < -0.3 is 20.3 Å². The SMILES string of the molecule is COC(=O)c1ccc(Cl)c(NC(=S)N[C@@H](C)c2ccc(N3CCCCC3)cc2)c1. The maximum atomic E-state index is 11.7. The second kappa shape index (κ2) is 9.94. The monoisotopic (exact) mass is 431 g/mol. The normalized spacial score (nSPS) is 14.8. The van der Waals surface area contributed by atoms with Gasteiger partial charge in [-0.25, -0.2) is 4.79 Å². The van der Waals surface area contributed by atoms with Crippen molar-refractivity contribution in [1.82, 2.24) is 5.32 Å². The molecule has 1 heterocycles. The highest BCUT2D eigenvalue weighted by molar-refractivity contribution is 7.80. The molecule has 5 nitrogen and oxygen atoms in total. The lowest BCUT2D eigenvalue weighted by Gasteiger charge is -2.29. The zero-order valence-corrected chi connectivity index (χ0v) is 18.3. The predicted octanol–water partition coefficient (Wildman–Crippen LogP) is 5.16. The number of hydrogen-bond acceptors (Lipinski definition) is 4. The summed E-state index contributed by atoms with van der Waals surface area (Å²) < 4.78 is 4.75. The van der Waals surface area contributed by atoms with Gasteiger partial charge in [0.2, 0.25) is 0 Å². The highest BCUT2D eigenvalue weighted by Gasteiger charge is 2.14. The fourth-order valence-corrected chi connectivity index (χ4v) is 3.88. The Balaban J connectivity index is 1.61. The molecular formula is C22H26ClN3O2S. The Labute approximate surface area is 182 Å². The number of carbonyl (C=O) groups excluding carboxylic acids is 1. The molecule has 0 unspecified atom stereocenters. The maximum Gasteiger partial charge on any atom is 0.337 e. The Morgan fingerprint density at radius 2 is 1.83 bits per heavy atom. The first-order valence-electron chi connectivity index (χ1n) is 9.78. The van der Waals surface area contributed by atoms with Crippen LogP contribution in [0.3, 0.4) is 0 Å². The molecule has 1 aliphatic rings.